The highest BCUT2D eigenvalue weighted by molar-refractivity contribution is 5.91. The Morgan fingerprint density at radius 1 is 1.10 bits per heavy atom. The third-order valence-electron chi connectivity index (χ3n) is 2.37. The Hall–Kier alpha value is -1.85. The van der Waals surface area contributed by atoms with Gasteiger partial charge in [0.05, 0.1) is 12.6 Å². The number of hydrogen-bond acceptors (Lipinski definition) is 5. The van der Waals surface area contributed by atoms with Crippen molar-refractivity contribution in [1.82, 2.24) is 4.90 Å². The molecule has 0 unspecified atom stereocenters. The first-order valence-corrected chi connectivity index (χ1v) is 6.85. The fourth-order valence-corrected chi connectivity index (χ4v) is 1.41. The lowest BCUT2D eigenvalue weighted by atomic mass is 9.95. The van der Waals surface area contributed by atoms with E-state index in [0.717, 1.165) is 12.2 Å². The second kappa shape index (κ2) is 8.44. The van der Waals surface area contributed by atoms with Crippen LogP contribution >= 0.6 is 0 Å². The van der Waals surface area contributed by atoms with Gasteiger partial charge in [0, 0.05) is 24.6 Å². The molecule has 0 aliphatic rings. The highest BCUT2D eigenvalue weighted by atomic mass is 16.5. The Kier molecular flexibility index (Phi) is 7.70. The summed E-state index contributed by atoms with van der Waals surface area (Å²) in [5.74, 6) is -1.27. The molecule has 0 aromatic rings. The number of carbonyl (C=O) groups excluding carboxylic acids is 3. The zero-order chi connectivity index (χ0) is 16.6. The molecular formula is C15H25NO5. The average Bonchev–Trinajstić information content (AvgIpc) is 2.33. The molecular weight excluding hydrogens is 274 g/mol. The number of amides is 1. The quantitative estimate of drug-likeness (QED) is 0.549. The fourth-order valence-electron chi connectivity index (χ4n) is 1.41. The second-order valence-electron chi connectivity index (χ2n) is 5.96. The summed E-state index contributed by atoms with van der Waals surface area (Å²) in [5, 5.41) is 0. The molecule has 0 atom stereocenters. The molecule has 0 spiro atoms. The molecule has 0 heterocycles. The van der Waals surface area contributed by atoms with Crippen molar-refractivity contribution >= 4 is 17.8 Å². The van der Waals surface area contributed by atoms with Gasteiger partial charge in [-0.2, -0.15) is 0 Å². The van der Waals surface area contributed by atoms with Crippen LogP contribution in [0.15, 0.2) is 12.2 Å². The minimum Gasteiger partial charge on any atom is -0.461 e. The Balaban J connectivity index is 4.08. The van der Waals surface area contributed by atoms with Crippen LogP contribution in [-0.2, 0) is 23.9 Å². The van der Waals surface area contributed by atoms with E-state index in [0.29, 0.717) is 6.54 Å². The molecule has 0 aliphatic heterocycles. The van der Waals surface area contributed by atoms with Crippen molar-refractivity contribution in [3.63, 3.8) is 0 Å². The van der Waals surface area contributed by atoms with Crippen LogP contribution in [0.25, 0.3) is 0 Å². The monoisotopic (exact) mass is 299 g/mol. The first kappa shape index (κ1) is 19.1. The van der Waals surface area contributed by atoms with Gasteiger partial charge in [0.1, 0.15) is 6.61 Å². The van der Waals surface area contributed by atoms with E-state index in [4.69, 9.17) is 9.47 Å². The summed E-state index contributed by atoms with van der Waals surface area (Å²) in [6, 6.07) is 0. The van der Waals surface area contributed by atoms with Gasteiger partial charge in [0.2, 0.25) is 5.91 Å². The molecule has 21 heavy (non-hydrogen) atoms. The number of nitrogens with zero attached hydrogens (tertiary/aromatic N) is 1. The van der Waals surface area contributed by atoms with Crippen molar-refractivity contribution in [2.75, 3.05) is 20.2 Å². The third kappa shape index (κ3) is 8.83. The van der Waals surface area contributed by atoms with E-state index in [1.54, 1.807) is 20.9 Å². The zero-order valence-corrected chi connectivity index (χ0v) is 13.6. The minimum atomic E-state index is -0.646. The van der Waals surface area contributed by atoms with Crippen LogP contribution in [0.5, 0.6) is 0 Å². The zero-order valence-electron chi connectivity index (χ0n) is 13.6. The number of ether oxygens (including phenoxy) is 2. The van der Waals surface area contributed by atoms with Crippen LogP contribution in [0.1, 0.15) is 34.6 Å². The maximum Gasteiger partial charge on any atom is 0.331 e. The molecule has 0 radical (unpaired) electrons. The predicted octanol–water partition coefficient (Wildman–Crippen LogP) is 1.54. The van der Waals surface area contributed by atoms with Gasteiger partial charge in [-0.05, 0) is 13.8 Å². The van der Waals surface area contributed by atoms with Gasteiger partial charge >= 0.3 is 11.9 Å². The summed E-state index contributed by atoms with van der Waals surface area (Å²) in [5.41, 5.74) is -0.473. The smallest absolute Gasteiger partial charge is 0.331 e. The van der Waals surface area contributed by atoms with E-state index >= 15 is 0 Å². The molecule has 0 bridgehead atoms. The summed E-state index contributed by atoms with van der Waals surface area (Å²) in [6.45, 7) is 9.26. The molecule has 0 rings (SSSR count). The molecule has 6 nitrogen and oxygen atoms in total. The molecule has 6 heteroatoms. The van der Waals surface area contributed by atoms with Crippen molar-refractivity contribution in [1.29, 1.82) is 0 Å². The van der Waals surface area contributed by atoms with E-state index in [1.807, 2.05) is 20.8 Å². The molecule has 0 saturated carbocycles. The standard InChI is InChI=1S/C15H25NO5/c1-11(2)21-13(18)8-7-12(17)20-10-9-16(6)14(19)15(3,4)5/h7-8,11H,9-10H2,1-6H3/b8-7+. The van der Waals surface area contributed by atoms with Crippen LogP contribution in [0, 0.1) is 5.41 Å². The van der Waals surface area contributed by atoms with Gasteiger partial charge in [-0.25, -0.2) is 9.59 Å². The van der Waals surface area contributed by atoms with Crippen molar-refractivity contribution in [3.05, 3.63) is 12.2 Å². The van der Waals surface area contributed by atoms with Crippen LogP contribution < -0.4 is 0 Å². The van der Waals surface area contributed by atoms with Gasteiger partial charge in [-0.15, -0.1) is 0 Å². The van der Waals surface area contributed by atoms with Crippen molar-refractivity contribution in [3.8, 4) is 0 Å². The molecule has 0 saturated heterocycles. The minimum absolute atomic E-state index is 0.0328. The Bertz CT molecular complexity index is 407. The summed E-state index contributed by atoms with van der Waals surface area (Å²) >= 11 is 0. The van der Waals surface area contributed by atoms with Crippen molar-refractivity contribution in [2.24, 2.45) is 5.41 Å². The molecule has 1 amide bonds. The van der Waals surface area contributed by atoms with Crippen LogP contribution in [0.2, 0.25) is 0 Å². The number of esters is 2. The van der Waals surface area contributed by atoms with Crippen molar-refractivity contribution < 1.29 is 23.9 Å². The Morgan fingerprint density at radius 3 is 2.10 bits per heavy atom. The van der Waals surface area contributed by atoms with Crippen LogP contribution in [0.4, 0.5) is 0 Å². The lowest BCUT2D eigenvalue weighted by molar-refractivity contribution is -0.144. The lowest BCUT2D eigenvalue weighted by Crippen LogP contribution is -2.38. The summed E-state index contributed by atoms with van der Waals surface area (Å²) in [7, 11) is 1.65. The largest absolute Gasteiger partial charge is 0.461 e. The van der Waals surface area contributed by atoms with E-state index < -0.39 is 17.4 Å². The third-order valence-corrected chi connectivity index (χ3v) is 2.37. The average molecular weight is 299 g/mol. The maximum absolute atomic E-state index is 11.9. The van der Waals surface area contributed by atoms with E-state index in [2.05, 4.69) is 0 Å². The highest BCUT2D eigenvalue weighted by Crippen LogP contribution is 2.15. The number of rotatable bonds is 6. The number of likely N-dealkylation sites (N-methyl/N-ethyl adjacent to an activating group) is 1. The Labute approximate surface area is 126 Å². The molecule has 0 fully saturated rings. The summed E-state index contributed by atoms with van der Waals surface area (Å²) in [4.78, 5) is 35.9. The van der Waals surface area contributed by atoms with Gasteiger partial charge in [0.25, 0.3) is 0 Å². The van der Waals surface area contributed by atoms with Gasteiger partial charge in [-0.3, -0.25) is 4.79 Å². The summed E-state index contributed by atoms with van der Waals surface area (Å²) in [6.07, 6.45) is 1.79. The predicted molar refractivity (Wildman–Crippen MR) is 78.4 cm³/mol. The number of carbonyl (C=O) groups is 3. The fraction of sp³-hybridized carbons (Fsp3) is 0.667. The molecule has 120 valence electrons. The molecule has 0 aromatic heterocycles. The number of hydrogen-bond donors (Lipinski definition) is 0. The molecule has 0 N–H and O–H groups in total. The normalized spacial score (nSPS) is 11.6. The van der Waals surface area contributed by atoms with Gasteiger partial charge in [-0.1, -0.05) is 20.8 Å². The Morgan fingerprint density at radius 2 is 1.62 bits per heavy atom. The van der Waals surface area contributed by atoms with Gasteiger partial charge in [0.15, 0.2) is 0 Å². The lowest BCUT2D eigenvalue weighted by Gasteiger charge is -2.25. The van der Waals surface area contributed by atoms with Gasteiger partial charge < -0.3 is 14.4 Å². The van der Waals surface area contributed by atoms with Crippen LogP contribution in [0.3, 0.4) is 0 Å². The first-order chi connectivity index (χ1) is 9.54. The second-order valence-corrected chi connectivity index (χ2v) is 5.96. The van der Waals surface area contributed by atoms with E-state index in [-0.39, 0.29) is 18.6 Å². The molecule has 0 aromatic carbocycles. The van der Waals surface area contributed by atoms with E-state index in [1.165, 1.54) is 4.90 Å². The van der Waals surface area contributed by atoms with Crippen LogP contribution in [-0.4, -0.2) is 49.0 Å². The summed E-state index contributed by atoms with van der Waals surface area (Å²) < 4.78 is 9.73. The topological polar surface area (TPSA) is 72.9 Å². The molecule has 0 aliphatic carbocycles. The first-order valence-electron chi connectivity index (χ1n) is 6.85. The van der Waals surface area contributed by atoms with Crippen molar-refractivity contribution in [2.45, 2.75) is 40.7 Å². The SMILES string of the molecule is CC(C)OC(=O)/C=C/C(=O)OCCN(C)C(=O)C(C)(C)C. The maximum atomic E-state index is 11.9. The van der Waals surface area contributed by atoms with E-state index in [9.17, 15) is 14.4 Å². The highest BCUT2D eigenvalue weighted by Gasteiger charge is 2.24.